The van der Waals surface area contributed by atoms with Crippen LogP contribution in [0.15, 0.2) is 46.9 Å². The minimum absolute atomic E-state index is 0.138. The second kappa shape index (κ2) is 7.05. The van der Waals surface area contributed by atoms with Gasteiger partial charge in [-0.1, -0.05) is 24.3 Å². The van der Waals surface area contributed by atoms with Crippen LogP contribution < -0.4 is 10.6 Å². The summed E-state index contributed by atoms with van der Waals surface area (Å²) < 4.78 is 14.7. The summed E-state index contributed by atoms with van der Waals surface area (Å²) in [6, 6.07) is 13.2. The Bertz CT molecular complexity index is 613. The Hall–Kier alpha value is -1.39. The van der Waals surface area contributed by atoms with E-state index in [2.05, 4.69) is 28.1 Å². The van der Waals surface area contributed by atoms with Crippen molar-refractivity contribution in [2.45, 2.75) is 25.9 Å². The van der Waals surface area contributed by atoms with Crippen LogP contribution in [0.5, 0.6) is 0 Å². The molecule has 0 radical (unpaired) electrons. The first-order valence-corrected chi connectivity index (χ1v) is 7.75. The highest BCUT2D eigenvalue weighted by Crippen LogP contribution is 2.28. The molecule has 0 fully saturated rings. The van der Waals surface area contributed by atoms with Crippen molar-refractivity contribution >= 4 is 21.6 Å². The fourth-order valence-corrected chi connectivity index (χ4v) is 3.05. The van der Waals surface area contributed by atoms with Gasteiger partial charge in [0.05, 0.1) is 5.69 Å². The Kier molecular flexibility index (Phi) is 5.37. The molecule has 2 N–H and O–H groups in total. The van der Waals surface area contributed by atoms with E-state index in [1.54, 1.807) is 6.07 Å². The second-order valence-electron chi connectivity index (χ2n) is 5.41. The Morgan fingerprint density at radius 3 is 2.57 bits per heavy atom. The number of anilines is 1. The van der Waals surface area contributed by atoms with E-state index >= 15 is 0 Å². The molecule has 2 aromatic carbocycles. The van der Waals surface area contributed by atoms with Crippen molar-refractivity contribution in [1.82, 2.24) is 0 Å². The van der Waals surface area contributed by atoms with Gasteiger partial charge < -0.3 is 10.6 Å². The molecule has 2 nitrogen and oxygen atoms in total. The van der Waals surface area contributed by atoms with Crippen molar-refractivity contribution in [1.29, 1.82) is 0 Å². The van der Waals surface area contributed by atoms with Gasteiger partial charge in [0.1, 0.15) is 5.82 Å². The molecule has 0 heterocycles. The third kappa shape index (κ3) is 4.29. The lowest BCUT2D eigenvalue weighted by Crippen LogP contribution is -2.19. The van der Waals surface area contributed by atoms with Crippen LogP contribution >= 0.6 is 15.9 Å². The smallest absolute Gasteiger partial charge is 0.128 e. The molecule has 2 aromatic rings. The highest BCUT2D eigenvalue weighted by atomic mass is 79.9. The lowest BCUT2D eigenvalue weighted by atomic mass is 10.1. The molecule has 0 saturated heterocycles. The standard InChI is InChI=1S/C17H20BrFN2/c1-12(20)9-13-7-8-17(15(18)10-13)21(2)11-14-5-3-4-6-16(14)19/h3-8,10,12H,9,11,20H2,1-2H3. The zero-order valence-electron chi connectivity index (χ0n) is 12.3. The summed E-state index contributed by atoms with van der Waals surface area (Å²) in [5.74, 6) is -0.172. The van der Waals surface area contributed by atoms with Crippen molar-refractivity contribution in [2.24, 2.45) is 5.73 Å². The fourth-order valence-electron chi connectivity index (χ4n) is 2.33. The van der Waals surface area contributed by atoms with E-state index in [0.29, 0.717) is 12.1 Å². The maximum atomic E-state index is 13.7. The van der Waals surface area contributed by atoms with E-state index in [9.17, 15) is 4.39 Å². The van der Waals surface area contributed by atoms with E-state index in [0.717, 1.165) is 16.6 Å². The molecule has 0 aliphatic rings. The van der Waals surface area contributed by atoms with Crippen molar-refractivity contribution in [3.8, 4) is 0 Å². The number of hydrogen-bond acceptors (Lipinski definition) is 2. The summed E-state index contributed by atoms with van der Waals surface area (Å²) in [6.45, 7) is 2.52. The highest BCUT2D eigenvalue weighted by molar-refractivity contribution is 9.10. The molecule has 0 aliphatic carbocycles. The van der Waals surface area contributed by atoms with Gasteiger partial charge in [0.25, 0.3) is 0 Å². The van der Waals surface area contributed by atoms with Crippen LogP contribution in [0.1, 0.15) is 18.1 Å². The third-order valence-electron chi connectivity index (χ3n) is 3.35. The number of halogens is 2. The third-order valence-corrected chi connectivity index (χ3v) is 3.98. The first-order valence-electron chi connectivity index (χ1n) is 6.96. The van der Waals surface area contributed by atoms with E-state index in [1.165, 1.54) is 11.6 Å². The first kappa shape index (κ1) is 16.0. The molecule has 0 aliphatic heterocycles. The Morgan fingerprint density at radius 1 is 1.24 bits per heavy atom. The molecule has 4 heteroatoms. The summed E-state index contributed by atoms with van der Waals surface area (Å²) in [6.07, 6.45) is 0.843. The van der Waals surface area contributed by atoms with Crippen LogP contribution in [-0.2, 0) is 13.0 Å². The zero-order chi connectivity index (χ0) is 15.4. The van der Waals surface area contributed by atoms with Gasteiger partial charge in [0.15, 0.2) is 0 Å². The zero-order valence-corrected chi connectivity index (χ0v) is 13.9. The van der Waals surface area contributed by atoms with E-state index in [4.69, 9.17) is 5.73 Å². The Balaban J connectivity index is 2.16. The fraction of sp³-hybridized carbons (Fsp3) is 0.294. The largest absolute Gasteiger partial charge is 0.369 e. The normalized spacial score (nSPS) is 12.2. The van der Waals surface area contributed by atoms with Crippen molar-refractivity contribution in [2.75, 3.05) is 11.9 Å². The summed E-state index contributed by atoms with van der Waals surface area (Å²) >= 11 is 3.59. The quantitative estimate of drug-likeness (QED) is 0.878. The highest BCUT2D eigenvalue weighted by Gasteiger charge is 2.10. The van der Waals surface area contributed by atoms with Gasteiger partial charge in [-0.15, -0.1) is 0 Å². The number of nitrogens with zero attached hydrogens (tertiary/aromatic N) is 1. The van der Waals surface area contributed by atoms with Gasteiger partial charge in [-0.05, 0) is 53.0 Å². The van der Waals surface area contributed by atoms with Gasteiger partial charge in [-0.25, -0.2) is 4.39 Å². The van der Waals surface area contributed by atoms with Crippen LogP contribution in [0.2, 0.25) is 0 Å². The summed E-state index contributed by atoms with van der Waals surface area (Å²) in [5.41, 5.74) is 8.74. The van der Waals surface area contributed by atoms with Crippen LogP contribution in [0, 0.1) is 5.82 Å². The number of benzene rings is 2. The average Bonchev–Trinajstić information content (AvgIpc) is 2.40. The molecule has 0 aromatic heterocycles. The minimum atomic E-state index is -0.172. The molecule has 0 spiro atoms. The lowest BCUT2D eigenvalue weighted by molar-refractivity contribution is 0.608. The molecular weight excluding hydrogens is 331 g/mol. The van der Waals surface area contributed by atoms with Crippen molar-refractivity contribution in [3.63, 3.8) is 0 Å². The van der Waals surface area contributed by atoms with E-state index in [-0.39, 0.29) is 11.9 Å². The Morgan fingerprint density at radius 2 is 1.95 bits per heavy atom. The average molecular weight is 351 g/mol. The number of hydrogen-bond donors (Lipinski definition) is 1. The van der Waals surface area contributed by atoms with Crippen LogP contribution in [0.3, 0.4) is 0 Å². The van der Waals surface area contributed by atoms with Gasteiger partial charge in [0.2, 0.25) is 0 Å². The van der Waals surface area contributed by atoms with Gasteiger partial charge in [-0.2, -0.15) is 0 Å². The summed E-state index contributed by atoms with van der Waals surface area (Å²) in [4.78, 5) is 2.03. The van der Waals surface area contributed by atoms with Gasteiger partial charge in [0, 0.05) is 29.7 Å². The van der Waals surface area contributed by atoms with Gasteiger partial charge >= 0.3 is 0 Å². The monoisotopic (exact) mass is 350 g/mol. The molecule has 112 valence electrons. The lowest BCUT2D eigenvalue weighted by Gasteiger charge is -2.22. The molecule has 0 saturated carbocycles. The predicted molar refractivity (Wildman–Crippen MR) is 90.0 cm³/mol. The topological polar surface area (TPSA) is 29.3 Å². The predicted octanol–water partition coefficient (Wildman–Crippen LogP) is 4.11. The van der Waals surface area contributed by atoms with Crippen molar-refractivity contribution < 1.29 is 4.39 Å². The molecule has 2 rings (SSSR count). The van der Waals surface area contributed by atoms with Crippen LogP contribution in [-0.4, -0.2) is 13.1 Å². The molecule has 1 unspecified atom stereocenters. The van der Waals surface area contributed by atoms with Gasteiger partial charge in [-0.3, -0.25) is 0 Å². The summed E-state index contributed by atoms with van der Waals surface area (Å²) in [7, 11) is 1.96. The van der Waals surface area contributed by atoms with Crippen LogP contribution in [0.25, 0.3) is 0 Å². The summed E-state index contributed by atoms with van der Waals surface area (Å²) in [5, 5.41) is 0. The molecular formula is C17H20BrFN2. The minimum Gasteiger partial charge on any atom is -0.369 e. The SMILES string of the molecule is CC(N)Cc1ccc(N(C)Cc2ccccc2F)c(Br)c1. The Labute approximate surface area is 133 Å². The molecule has 0 amide bonds. The van der Waals surface area contributed by atoms with Crippen LogP contribution in [0.4, 0.5) is 10.1 Å². The van der Waals surface area contributed by atoms with Crippen molar-refractivity contribution in [3.05, 3.63) is 63.9 Å². The number of nitrogens with two attached hydrogens (primary N) is 1. The molecule has 21 heavy (non-hydrogen) atoms. The maximum Gasteiger partial charge on any atom is 0.128 e. The molecule has 0 bridgehead atoms. The second-order valence-corrected chi connectivity index (χ2v) is 6.27. The first-order chi connectivity index (χ1) is 9.97. The van der Waals surface area contributed by atoms with E-state index in [1.807, 2.05) is 37.1 Å². The number of rotatable bonds is 5. The maximum absolute atomic E-state index is 13.7. The molecule has 1 atom stereocenters. The van der Waals surface area contributed by atoms with E-state index < -0.39 is 0 Å².